The first kappa shape index (κ1) is 37.2. The highest BCUT2D eigenvalue weighted by atomic mass is 32.2. The summed E-state index contributed by atoms with van der Waals surface area (Å²) < 4.78 is 83.2. The van der Waals surface area contributed by atoms with Gasteiger partial charge in [0.15, 0.2) is 5.82 Å². The lowest BCUT2D eigenvalue weighted by molar-refractivity contribution is -0.138. The average Bonchev–Trinajstić information content (AvgIpc) is 3.47. The first-order valence-electron chi connectivity index (χ1n) is 17.5. The maximum absolute atomic E-state index is 14.8. The van der Waals surface area contributed by atoms with E-state index in [0.717, 1.165) is 48.5 Å². The lowest BCUT2D eigenvalue weighted by Gasteiger charge is -2.31. The third-order valence-corrected chi connectivity index (χ3v) is 12.0. The van der Waals surface area contributed by atoms with Crippen molar-refractivity contribution in [2.45, 2.75) is 55.1 Å². The molecule has 3 aliphatic heterocycles. The van der Waals surface area contributed by atoms with E-state index in [-0.39, 0.29) is 54.4 Å². The van der Waals surface area contributed by atoms with Crippen LogP contribution in [0.5, 0.6) is 0 Å². The van der Waals surface area contributed by atoms with Gasteiger partial charge in [0.25, 0.3) is 0 Å². The van der Waals surface area contributed by atoms with Gasteiger partial charge in [-0.3, -0.25) is 24.6 Å². The van der Waals surface area contributed by atoms with Gasteiger partial charge in [-0.25, -0.2) is 27.6 Å². The number of nitrogens with one attached hydrogen (secondary N) is 2. The van der Waals surface area contributed by atoms with Crippen LogP contribution in [0.2, 0.25) is 0 Å². The quantitative estimate of drug-likeness (QED) is 0.206. The molecule has 0 saturated carbocycles. The van der Waals surface area contributed by atoms with E-state index in [1.54, 1.807) is 4.68 Å². The van der Waals surface area contributed by atoms with Crippen molar-refractivity contribution in [3.63, 3.8) is 0 Å². The number of amides is 3. The zero-order valence-corrected chi connectivity index (χ0v) is 30.1. The molecule has 0 unspecified atom stereocenters. The van der Waals surface area contributed by atoms with Gasteiger partial charge in [0.2, 0.25) is 21.9 Å². The summed E-state index contributed by atoms with van der Waals surface area (Å²) in [6.07, 6.45) is -0.449. The first-order chi connectivity index (χ1) is 25.8. The Morgan fingerprint density at radius 3 is 2.37 bits per heavy atom. The number of piperidine rings is 2. The second-order valence-corrected chi connectivity index (χ2v) is 15.5. The highest BCUT2D eigenvalue weighted by molar-refractivity contribution is 7.89. The van der Waals surface area contributed by atoms with Crippen LogP contribution >= 0.6 is 0 Å². The summed E-state index contributed by atoms with van der Waals surface area (Å²) in [5.41, 5.74) is 1.08. The molecule has 0 spiro atoms. The van der Waals surface area contributed by atoms with Crippen molar-refractivity contribution in [3.8, 4) is 11.8 Å². The molecule has 0 bridgehead atoms. The number of carbonyl (C=O) groups excluding carboxylic acids is 2. The number of fused-ring (bicyclic) bond motifs is 1. The van der Waals surface area contributed by atoms with E-state index in [1.807, 2.05) is 13.1 Å². The molecule has 2 aromatic heterocycles. The molecule has 3 saturated heterocycles. The number of halogens is 4. The van der Waals surface area contributed by atoms with Crippen molar-refractivity contribution in [3.05, 3.63) is 71.3 Å². The summed E-state index contributed by atoms with van der Waals surface area (Å²) in [6, 6.07) is 8.98. The van der Waals surface area contributed by atoms with Crippen LogP contribution in [-0.4, -0.2) is 94.6 Å². The maximum atomic E-state index is 14.8. The summed E-state index contributed by atoms with van der Waals surface area (Å²) in [5, 5.41) is 10.7. The SMILES string of the molecule is Cn1nc(N2CCC(=O)NC2=O)c2ccc(C3CCN(CC#Cc4cc(S(=O)(=O)N5CCC(Nc6ncc(C(F)(F)F)cn6)CC5)ccc4F)CC3)cc21. The Kier molecular flexibility index (Phi) is 10.3. The fourth-order valence-electron chi connectivity index (χ4n) is 7.03. The minimum Gasteiger partial charge on any atom is -0.351 e. The van der Waals surface area contributed by atoms with Crippen molar-refractivity contribution >= 4 is 44.6 Å². The number of hydrogen-bond donors (Lipinski definition) is 2. The molecular weight excluding hydrogens is 731 g/mol. The maximum Gasteiger partial charge on any atom is 0.419 e. The van der Waals surface area contributed by atoms with Gasteiger partial charge in [0, 0.05) is 56.9 Å². The molecule has 3 amide bonds. The predicted octanol–water partition coefficient (Wildman–Crippen LogP) is 4.46. The Hall–Kier alpha value is -5.12. The summed E-state index contributed by atoms with van der Waals surface area (Å²) in [5.74, 6) is 5.75. The number of alkyl halides is 3. The Morgan fingerprint density at radius 1 is 0.963 bits per heavy atom. The van der Waals surface area contributed by atoms with Gasteiger partial charge in [-0.2, -0.15) is 22.6 Å². The van der Waals surface area contributed by atoms with Crippen LogP contribution in [-0.2, 0) is 28.0 Å². The summed E-state index contributed by atoms with van der Waals surface area (Å²) in [7, 11) is -2.13. The molecule has 284 valence electrons. The monoisotopic (exact) mass is 767 g/mol. The number of hydrogen-bond acceptors (Lipinski definition) is 9. The molecule has 3 fully saturated rings. The third-order valence-electron chi connectivity index (χ3n) is 10.1. The lowest BCUT2D eigenvalue weighted by atomic mass is 9.89. The zero-order valence-electron chi connectivity index (χ0n) is 29.2. The van der Waals surface area contributed by atoms with E-state index in [9.17, 15) is 35.6 Å². The molecule has 3 aliphatic rings. The van der Waals surface area contributed by atoms with Crippen LogP contribution in [0, 0.1) is 17.7 Å². The van der Waals surface area contributed by atoms with E-state index in [0.29, 0.717) is 43.5 Å². The molecule has 0 aliphatic carbocycles. The second-order valence-electron chi connectivity index (χ2n) is 13.6. The number of benzene rings is 2. The van der Waals surface area contributed by atoms with Crippen LogP contribution < -0.4 is 15.5 Å². The number of sulfonamides is 1. The normalized spacial score (nSPS) is 18.4. The first-order valence-corrected chi connectivity index (χ1v) is 18.9. The van der Waals surface area contributed by atoms with Crippen LogP contribution in [0.15, 0.2) is 53.7 Å². The number of urea groups is 1. The van der Waals surface area contributed by atoms with Crippen molar-refractivity contribution in [2.24, 2.45) is 7.05 Å². The fraction of sp³-hybridized carbons (Fsp3) is 0.417. The van der Waals surface area contributed by atoms with Gasteiger partial charge in [-0.05, 0) is 80.6 Å². The van der Waals surface area contributed by atoms with E-state index in [4.69, 9.17) is 0 Å². The van der Waals surface area contributed by atoms with E-state index >= 15 is 0 Å². The Bertz CT molecular complexity index is 2240. The second kappa shape index (κ2) is 15.0. The third kappa shape index (κ3) is 7.88. The van der Waals surface area contributed by atoms with Gasteiger partial charge in [0.05, 0.1) is 28.1 Å². The average molecular weight is 768 g/mol. The minimum absolute atomic E-state index is 0.0144. The molecule has 5 heterocycles. The number of imide groups is 1. The Balaban J connectivity index is 0.925. The predicted molar refractivity (Wildman–Crippen MR) is 190 cm³/mol. The Morgan fingerprint density at radius 2 is 1.69 bits per heavy atom. The number of likely N-dealkylation sites (tertiary alicyclic amines) is 1. The molecule has 2 N–H and O–H groups in total. The van der Waals surface area contributed by atoms with Gasteiger partial charge in [-0.1, -0.05) is 17.9 Å². The number of carbonyl (C=O) groups is 2. The number of rotatable bonds is 7. The lowest BCUT2D eigenvalue weighted by Crippen LogP contribution is -2.49. The minimum atomic E-state index is -4.54. The van der Waals surface area contributed by atoms with Crippen molar-refractivity contribution in [2.75, 3.05) is 49.5 Å². The highest BCUT2D eigenvalue weighted by Crippen LogP contribution is 2.34. The van der Waals surface area contributed by atoms with E-state index in [2.05, 4.69) is 54.6 Å². The largest absolute Gasteiger partial charge is 0.419 e. The standard InChI is InChI=1S/C36H37F4N9O4S/c1-46-31-20-24(4-6-29(31)33(45-46)49-18-12-32(50)44-35(49)51)23-8-14-47(15-9-23)13-2-3-25-19-28(5-7-30(25)37)54(52,53)48-16-10-27(11-17-48)43-34-41-21-26(22-42-34)36(38,39)40/h4-7,19-23,27H,8-18H2,1H3,(H,41,42,43)(H,44,50,51). The van der Waals surface area contributed by atoms with Crippen molar-refractivity contribution < 1.29 is 35.6 Å². The van der Waals surface area contributed by atoms with Gasteiger partial charge in [0.1, 0.15) is 5.82 Å². The fourth-order valence-corrected chi connectivity index (χ4v) is 8.52. The van der Waals surface area contributed by atoms with E-state index < -0.39 is 33.6 Å². The number of nitrogens with zero attached hydrogens (tertiary/aromatic N) is 7. The number of anilines is 2. The van der Waals surface area contributed by atoms with Gasteiger partial charge < -0.3 is 5.32 Å². The van der Waals surface area contributed by atoms with Gasteiger partial charge in [-0.15, -0.1) is 0 Å². The molecule has 7 rings (SSSR count). The molecule has 18 heteroatoms. The topological polar surface area (TPSA) is 146 Å². The number of aryl methyl sites for hydroxylation is 1. The molecule has 2 aromatic carbocycles. The molecule has 13 nitrogen and oxygen atoms in total. The molecule has 0 radical (unpaired) electrons. The van der Waals surface area contributed by atoms with Crippen LogP contribution in [0.25, 0.3) is 10.9 Å². The van der Waals surface area contributed by atoms with Crippen LogP contribution in [0.3, 0.4) is 0 Å². The smallest absolute Gasteiger partial charge is 0.351 e. The van der Waals surface area contributed by atoms with Crippen molar-refractivity contribution in [1.29, 1.82) is 0 Å². The van der Waals surface area contributed by atoms with Crippen LogP contribution in [0.1, 0.15) is 54.7 Å². The molecule has 54 heavy (non-hydrogen) atoms. The molecule has 0 atom stereocenters. The summed E-state index contributed by atoms with van der Waals surface area (Å²) in [4.78, 5) is 35.1. The Labute approximate surface area is 308 Å². The van der Waals surface area contributed by atoms with Crippen molar-refractivity contribution in [1.82, 2.24) is 34.3 Å². The summed E-state index contributed by atoms with van der Waals surface area (Å²) >= 11 is 0. The number of aromatic nitrogens is 4. The van der Waals surface area contributed by atoms with E-state index in [1.165, 1.54) is 21.3 Å². The molecule has 4 aromatic rings. The van der Waals surface area contributed by atoms with Gasteiger partial charge >= 0.3 is 12.2 Å². The zero-order chi connectivity index (χ0) is 38.2. The molecular formula is C36H37F4N9O4S. The highest BCUT2D eigenvalue weighted by Gasteiger charge is 2.33. The van der Waals surface area contributed by atoms with Crippen LogP contribution in [0.4, 0.5) is 34.1 Å². The summed E-state index contributed by atoms with van der Waals surface area (Å²) in [6.45, 7) is 2.48.